The second-order valence-corrected chi connectivity index (χ2v) is 7.92. The standard InChI is InChI=1S/C21H25ClFN5/c1-4-14-10-15(5-2)17(16(23)11-14)18-19(22)26-21-24-12-25-28(21)20(18)27-8-6-13(3)7-9-27/h10-13H,4-9H2,1-3H3. The van der Waals surface area contributed by atoms with Crippen LogP contribution in [0.25, 0.3) is 16.9 Å². The van der Waals surface area contributed by atoms with Gasteiger partial charge in [-0.15, -0.1) is 0 Å². The molecule has 0 saturated carbocycles. The van der Waals surface area contributed by atoms with E-state index in [-0.39, 0.29) is 11.0 Å². The average molecular weight is 402 g/mol. The maximum atomic E-state index is 15.3. The molecule has 5 nitrogen and oxygen atoms in total. The fraction of sp³-hybridized carbons (Fsp3) is 0.476. The molecule has 0 bridgehead atoms. The summed E-state index contributed by atoms with van der Waals surface area (Å²) in [5.74, 6) is 1.64. The molecule has 1 aliphatic rings. The molecule has 0 radical (unpaired) electrons. The maximum absolute atomic E-state index is 15.3. The molecule has 0 aliphatic carbocycles. The molecular formula is C21H25ClFN5. The van der Waals surface area contributed by atoms with E-state index in [9.17, 15) is 0 Å². The second kappa shape index (κ2) is 7.66. The number of aromatic nitrogens is 4. The molecule has 3 heterocycles. The smallest absolute Gasteiger partial charge is 0.255 e. The van der Waals surface area contributed by atoms with Crippen molar-refractivity contribution in [3.05, 3.63) is 40.6 Å². The van der Waals surface area contributed by atoms with Gasteiger partial charge >= 0.3 is 0 Å². The summed E-state index contributed by atoms with van der Waals surface area (Å²) < 4.78 is 17.0. The van der Waals surface area contributed by atoms with Gasteiger partial charge in [-0.2, -0.15) is 19.6 Å². The van der Waals surface area contributed by atoms with Gasteiger partial charge < -0.3 is 4.90 Å². The first-order valence-corrected chi connectivity index (χ1v) is 10.4. The highest BCUT2D eigenvalue weighted by Crippen LogP contribution is 2.41. The summed E-state index contributed by atoms with van der Waals surface area (Å²) in [6.45, 7) is 8.08. The molecule has 4 rings (SSSR count). The Hall–Kier alpha value is -2.21. The largest absolute Gasteiger partial charge is 0.356 e. The number of piperidine rings is 1. The summed E-state index contributed by atoms with van der Waals surface area (Å²) in [6, 6.07) is 3.68. The lowest BCUT2D eigenvalue weighted by atomic mass is 9.94. The number of fused-ring (bicyclic) bond motifs is 1. The third-order valence-electron chi connectivity index (χ3n) is 5.71. The minimum absolute atomic E-state index is 0.258. The van der Waals surface area contributed by atoms with E-state index in [1.54, 1.807) is 10.6 Å². The third-order valence-corrected chi connectivity index (χ3v) is 5.99. The molecule has 2 aromatic heterocycles. The van der Waals surface area contributed by atoms with E-state index in [4.69, 9.17) is 11.6 Å². The van der Waals surface area contributed by atoms with E-state index in [1.807, 2.05) is 13.8 Å². The van der Waals surface area contributed by atoms with Crippen molar-refractivity contribution in [2.75, 3.05) is 18.0 Å². The van der Waals surface area contributed by atoms with Gasteiger partial charge in [0.1, 0.15) is 23.1 Å². The number of benzene rings is 1. The highest BCUT2D eigenvalue weighted by molar-refractivity contribution is 6.33. The molecule has 0 spiro atoms. The molecule has 148 valence electrons. The Labute approximate surface area is 169 Å². The fourth-order valence-corrected chi connectivity index (χ4v) is 4.27. The molecule has 7 heteroatoms. The number of aryl methyl sites for hydroxylation is 2. The zero-order valence-corrected chi connectivity index (χ0v) is 17.3. The van der Waals surface area contributed by atoms with Crippen molar-refractivity contribution in [3.8, 4) is 11.1 Å². The van der Waals surface area contributed by atoms with Gasteiger partial charge in [-0.1, -0.05) is 38.4 Å². The van der Waals surface area contributed by atoms with Gasteiger partial charge in [-0.3, -0.25) is 0 Å². The topological polar surface area (TPSA) is 46.3 Å². The van der Waals surface area contributed by atoms with Crippen LogP contribution < -0.4 is 4.90 Å². The first kappa shape index (κ1) is 19.1. The van der Waals surface area contributed by atoms with E-state index in [0.29, 0.717) is 29.2 Å². The van der Waals surface area contributed by atoms with Crippen molar-refractivity contribution in [3.63, 3.8) is 0 Å². The molecule has 3 aromatic rings. The fourth-order valence-electron chi connectivity index (χ4n) is 4.02. The summed E-state index contributed by atoms with van der Waals surface area (Å²) in [7, 11) is 0. The molecule has 0 atom stereocenters. The van der Waals surface area contributed by atoms with Crippen LogP contribution >= 0.6 is 11.6 Å². The molecule has 28 heavy (non-hydrogen) atoms. The van der Waals surface area contributed by atoms with Crippen LogP contribution in [0.5, 0.6) is 0 Å². The van der Waals surface area contributed by atoms with Crippen molar-refractivity contribution < 1.29 is 4.39 Å². The van der Waals surface area contributed by atoms with Gasteiger partial charge in [0.25, 0.3) is 5.78 Å². The first-order valence-electron chi connectivity index (χ1n) is 9.99. The van der Waals surface area contributed by atoms with Crippen LogP contribution in [0.15, 0.2) is 18.5 Å². The Kier molecular flexibility index (Phi) is 5.23. The van der Waals surface area contributed by atoms with Gasteiger partial charge in [0, 0.05) is 18.7 Å². The average Bonchev–Trinajstić information content (AvgIpc) is 3.15. The van der Waals surface area contributed by atoms with E-state index in [2.05, 4.69) is 33.0 Å². The van der Waals surface area contributed by atoms with Crippen molar-refractivity contribution in [2.24, 2.45) is 5.92 Å². The molecule has 1 fully saturated rings. The maximum Gasteiger partial charge on any atom is 0.255 e. The lowest BCUT2D eigenvalue weighted by Gasteiger charge is -2.33. The highest BCUT2D eigenvalue weighted by atomic mass is 35.5. The van der Waals surface area contributed by atoms with Crippen molar-refractivity contribution in [2.45, 2.75) is 46.5 Å². The van der Waals surface area contributed by atoms with E-state index >= 15 is 4.39 Å². The lowest BCUT2D eigenvalue weighted by Crippen LogP contribution is -2.35. The predicted molar refractivity (Wildman–Crippen MR) is 111 cm³/mol. The normalized spacial score (nSPS) is 15.5. The van der Waals surface area contributed by atoms with Crippen LogP contribution in [-0.4, -0.2) is 32.7 Å². The van der Waals surface area contributed by atoms with E-state index < -0.39 is 0 Å². The molecular weight excluding hydrogens is 377 g/mol. The molecule has 1 aliphatic heterocycles. The number of nitrogens with zero attached hydrogens (tertiary/aromatic N) is 5. The minimum atomic E-state index is -0.258. The number of hydrogen-bond acceptors (Lipinski definition) is 4. The van der Waals surface area contributed by atoms with Crippen LogP contribution in [0, 0.1) is 11.7 Å². The van der Waals surface area contributed by atoms with Gasteiger partial charge in [-0.25, -0.2) is 4.39 Å². The van der Waals surface area contributed by atoms with Crippen LogP contribution in [0.1, 0.15) is 44.7 Å². The number of halogens is 2. The Balaban J connectivity index is 2.00. The number of anilines is 1. The van der Waals surface area contributed by atoms with Gasteiger partial charge in [-0.05, 0) is 48.8 Å². The summed E-state index contributed by atoms with van der Waals surface area (Å²) in [5.41, 5.74) is 3.07. The summed E-state index contributed by atoms with van der Waals surface area (Å²) in [5, 5.41) is 4.65. The molecule has 0 amide bonds. The van der Waals surface area contributed by atoms with Crippen LogP contribution in [0.3, 0.4) is 0 Å². The molecule has 0 unspecified atom stereocenters. The third kappa shape index (κ3) is 3.24. The van der Waals surface area contributed by atoms with Crippen molar-refractivity contribution in [1.82, 2.24) is 19.6 Å². The van der Waals surface area contributed by atoms with Gasteiger partial charge in [0.05, 0.1) is 5.56 Å². The Morgan fingerprint density at radius 1 is 1.14 bits per heavy atom. The Morgan fingerprint density at radius 2 is 1.89 bits per heavy atom. The summed E-state index contributed by atoms with van der Waals surface area (Å²) in [6.07, 6.45) is 5.12. The zero-order chi connectivity index (χ0) is 19.8. The Morgan fingerprint density at radius 3 is 2.57 bits per heavy atom. The van der Waals surface area contributed by atoms with Gasteiger partial charge in [0.15, 0.2) is 0 Å². The molecule has 0 N–H and O–H groups in total. The first-order chi connectivity index (χ1) is 13.5. The van der Waals surface area contributed by atoms with Crippen molar-refractivity contribution >= 4 is 23.2 Å². The van der Waals surface area contributed by atoms with Gasteiger partial charge in [0.2, 0.25) is 0 Å². The minimum Gasteiger partial charge on any atom is -0.356 e. The number of rotatable bonds is 4. The van der Waals surface area contributed by atoms with E-state index in [1.165, 1.54) is 6.33 Å². The highest BCUT2D eigenvalue weighted by Gasteiger charge is 2.28. The Bertz CT molecular complexity index is 1010. The van der Waals surface area contributed by atoms with Crippen molar-refractivity contribution in [1.29, 1.82) is 0 Å². The second-order valence-electron chi connectivity index (χ2n) is 7.56. The number of hydrogen-bond donors (Lipinski definition) is 0. The van der Waals surface area contributed by atoms with Crippen LogP contribution in [0.4, 0.5) is 10.2 Å². The van der Waals surface area contributed by atoms with Crippen LogP contribution in [-0.2, 0) is 12.8 Å². The SMILES string of the molecule is CCc1cc(F)c(-c2c(Cl)nc3ncnn3c2N2CCC(C)CC2)c(CC)c1. The monoisotopic (exact) mass is 401 g/mol. The lowest BCUT2D eigenvalue weighted by molar-refractivity contribution is 0.435. The zero-order valence-electron chi connectivity index (χ0n) is 16.5. The summed E-state index contributed by atoms with van der Waals surface area (Å²) in [4.78, 5) is 10.9. The summed E-state index contributed by atoms with van der Waals surface area (Å²) >= 11 is 6.64. The predicted octanol–water partition coefficient (Wildman–Crippen LogP) is 4.94. The van der Waals surface area contributed by atoms with E-state index in [0.717, 1.165) is 49.3 Å². The molecule has 1 aromatic carbocycles. The van der Waals surface area contributed by atoms with Crippen LogP contribution in [0.2, 0.25) is 5.15 Å². The quantitative estimate of drug-likeness (QED) is 0.580. The molecule has 1 saturated heterocycles.